The van der Waals surface area contributed by atoms with Gasteiger partial charge in [0, 0.05) is 31.2 Å². The second-order valence-electron chi connectivity index (χ2n) is 8.32. The van der Waals surface area contributed by atoms with Gasteiger partial charge in [0.25, 0.3) is 0 Å². The van der Waals surface area contributed by atoms with E-state index in [0.29, 0.717) is 37.7 Å². The average Bonchev–Trinajstić information content (AvgIpc) is 3.36. The van der Waals surface area contributed by atoms with Crippen LogP contribution in [-0.4, -0.2) is 55.6 Å². The minimum atomic E-state index is -3.71. The van der Waals surface area contributed by atoms with Crippen molar-refractivity contribution in [2.45, 2.75) is 31.3 Å². The SMILES string of the molecule is CC(C)Oc1ccc(S(=O)(=O)N2CCOCC2)cc1NC(=O)Cc1ccc(-n2cccc2)cc1. The van der Waals surface area contributed by atoms with Gasteiger partial charge < -0.3 is 19.4 Å². The molecule has 1 aliphatic rings. The smallest absolute Gasteiger partial charge is 0.243 e. The van der Waals surface area contributed by atoms with Crippen molar-refractivity contribution in [3.8, 4) is 11.4 Å². The molecule has 2 aromatic carbocycles. The van der Waals surface area contributed by atoms with Crippen LogP contribution < -0.4 is 10.1 Å². The first kappa shape index (κ1) is 24.0. The summed E-state index contributed by atoms with van der Waals surface area (Å²) >= 11 is 0. The van der Waals surface area contributed by atoms with E-state index >= 15 is 0 Å². The van der Waals surface area contributed by atoms with Gasteiger partial charge in [0.2, 0.25) is 15.9 Å². The third-order valence-corrected chi connectivity index (χ3v) is 7.29. The summed E-state index contributed by atoms with van der Waals surface area (Å²) in [5.74, 6) is 0.162. The number of anilines is 1. The van der Waals surface area contributed by atoms with Gasteiger partial charge in [-0.15, -0.1) is 0 Å². The quantitative estimate of drug-likeness (QED) is 0.530. The van der Waals surface area contributed by atoms with Crippen LogP contribution in [0.5, 0.6) is 5.75 Å². The van der Waals surface area contributed by atoms with E-state index < -0.39 is 10.0 Å². The number of carbonyl (C=O) groups is 1. The van der Waals surface area contributed by atoms with Gasteiger partial charge in [0.15, 0.2) is 0 Å². The molecular formula is C25H29N3O5S. The van der Waals surface area contributed by atoms with Crippen molar-refractivity contribution < 1.29 is 22.7 Å². The predicted molar refractivity (Wildman–Crippen MR) is 130 cm³/mol. The molecule has 1 N–H and O–H groups in total. The van der Waals surface area contributed by atoms with E-state index in [4.69, 9.17) is 9.47 Å². The number of hydrogen-bond donors (Lipinski definition) is 1. The van der Waals surface area contributed by atoms with Crippen LogP contribution in [0.2, 0.25) is 0 Å². The lowest BCUT2D eigenvalue weighted by Crippen LogP contribution is -2.40. The molecular weight excluding hydrogens is 454 g/mol. The molecule has 0 spiro atoms. The fourth-order valence-corrected chi connectivity index (χ4v) is 5.17. The Bertz CT molecular complexity index is 1220. The summed E-state index contributed by atoms with van der Waals surface area (Å²) in [6.07, 6.45) is 3.91. The van der Waals surface area contributed by atoms with Gasteiger partial charge in [-0.2, -0.15) is 4.31 Å². The molecule has 1 aromatic heterocycles. The van der Waals surface area contributed by atoms with Crippen LogP contribution in [0.15, 0.2) is 71.9 Å². The van der Waals surface area contributed by atoms with Crippen molar-refractivity contribution in [3.05, 3.63) is 72.6 Å². The highest BCUT2D eigenvalue weighted by molar-refractivity contribution is 7.89. The van der Waals surface area contributed by atoms with E-state index in [9.17, 15) is 13.2 Å². The third-order valence-electron chi connectivity index (χ3n) is 5.40. The zero-order valence-electron chi connectivity index (χ0n) is 19.3. The Morgan fingerprint density at radius 2 is 1.74 bits per heavy atom. The molecule has 0 radical (unpaired) electrons. The summed E-state index contributed by atoms with van der Waals surface area (Å²) in [6.45, 7) is 5.06. The number of morpholine rings is 1. The summed E-state index contributed by atoms with van der Waals surface area (Å²) in [5, 5.41) is 2.85. The van der Waals surface area contributed by atoms with E-state index in [2.05, 4.69) is 5.32 Å². The molecule has 34 heavy (non-hydrogen) atoms. The minimum Gasteiger partial charge on any atom is -0.489 e. The first-order chi connectivity index (χ1) is 16.3. The molecule has 0 atom stereocenters. The van der Waals surface area contributed by atoms with Crippen molar-refractivity contribution in [2.75, 3.05) is 31.6 Å². The highest BCUT2D eigenvalue weighted by Crippen LogP contribution is 2.30. The minimum absolute atomic E-state index is 0.108. The Morgan fingerprint density at radius 1 is 1.06 bits per heavy atom. The fourth-order valence-electron chi connectivity index (χ4n) is 3.73. The van der Waals surface area contributed by atoms with Crippen LogP contribution in [0.3, 0.4) is 0 Å². The summed E-state index contributed by atoms with van der Waals surface area (Å²) in [4.78, 5) is 13.0. The summed E-state index contributed by atoms with van der Waals surface area (Å²) in [7, 11) is -3.71. The molecule has 1 aliphatic heterocycles. The maximum atomic E-state index is 13.1. The zero-order chi connectivity index (χ0) is 24.1. The van der Waals surface area contributed by atoms with E-state index in [1.54, 1.807) is 6.07 Å². The van der Waals surface area contributed by atoms with Crippen molar-refractivity contribution in [3.63, 3.8) is 0 Å². The van der Waals surface area contributed by atoms with Crippen LogP contribution in [0, 0.1) is 0 Å². The largest absolute Gasteiger partial charge is 0.489 e. The first-order valence-corrected chi connectivity index (χ1v) is 12.7. The van der Waals surface area contributed by atoms with Crippen molar-refractivity contribution in [1.29, 1.82) is 0 Å². The second-order valence-corrected chi connectivity index (χ2v) is 10.3. The number of nitrogens with one attached hydrogen (secondary N) is 1. The summed E-state index contributed by atoms with van der Waals surface area (Å²) < 4.78 is 40.7. The number of ether oxygens (including phenoxy) is 2. The zero-order valence-corrected chi connectivity index (χ0v) is 20.1. The molecule has 0 unspecified atom stereocenters. The first-order valence-electron chi connectivity index (χ1n) is 11.2. The number of amides is 1. The molecule has 1 saturated heterocycles. The number of benzene rings is 2. The highest BCUT2D eigenvalue weighted by Gasteiger charge is 2.27. The molecule has 4 rings (SSSR count). The van der Waals surface area contributed by atoms with Gasteiger partial charge >= 0.3 is 0 Å². The van der Waals surface area contributed by atoms with E-state index in [0.717, 1.165) is 11.3 Å². The molecule has 0 aliphatic carbocycles. The Balaban J connectivity index is 1.52. The molecule has 8 nitrogen and oxygen atoms in total. The molecule has 1 fully saturated rings. The molecule has 3 aromatic rings. The Kier molecular flexibility index (Phi) is 7.35. The molecule has 180 valence electrons. The lowest BCUT2D eigenvalue weighted by atomic mass is 10.1. The normalized spacial score (nSPS) is 14.8. The number of nitrogens with zero attached hydrogens (tertiary/aromatic N) is 2. The van der Waals surface area contributed by atoms with E-state index in [1.807, 2.05) is 67.2 Å². The van der Waals surface area contributed by atoms with Crippen molar-refractivity contribution >= 4 is 21.6 Å². The average molecular weight is 484 g/mol. The third kappa shape index (κ3) is 5.67. The van der Waals surface area contributed by atoms with E-state index in [1.165, 1.54) is 16.4 Å². The molecule has 1 amide bonds. The lowest BCUT2D eigenvalue weighted by molar-refractivity contribution is -0.115. The van der Waals surface area contributed by atoms with Crippen LogP contribution >= 0.6 is 0 Å². The van der Waals surface area contributed by atoms with Gasteiger partial charge in [0.1, 0.15) is 5.75 Å². The topological polar surface area (TPSA) is 89.9 Å². The predicted octanol–water partition coefficient (Wildman–Crippen LogP) is 3.47. The van der Waals surface area contributed by atoms with Gasteiger partial charge in [-0.1, -0.05) is 12.1 Å². The van der Waals surface area contributed by atoms with Gasteiger partial charge in [-0.3, -0.25) is 4.79 Å². The molecule has 2 heterocycles. The Morgan fingerprint density at radius 3 is 2.38 bits per heavy atom. The van der Waals surface area contributed by atoms with Crippen LogP contribution in [-0.2, 0) is 26.0 Å². The molecule has 0 saturated carbocycles. The Hall–Kier alpha value is -3.14. The standard InChI is InChI=1S/C25H29N3O5S/c1-19(2)33-24-10-9-22(34(30,31)28-13-15-32-16-14-28)18-23(24)26-25(29)17-20-5-7-21(8-6-20)27-11-3-4-12-27/h3-12,18-19H,13-17H2,1-2H3,(H,26,29). The van der Waals surface area contributed by atoms with Gasteiger partial charge in [0.05, 0.1) is 36.3 Å². The van der Waals surface area contributed by atoms with Gasteiger partial charge in [-0.05, 0) is 61.9 Å². The number of rotatable bonds is 8. The summed E-state index contributed by atoms with van der Waals surface area (Å²) in [6, 6.07) is 16.2. The van der Waals surface area contributed by atoms with Gasteiger partial charge in [-0.25, -0.2) is 8.42 Å². The maximum Gasteiger partial charge on any atom is 0.243 e. The lowest BCUT2D eigenvalue weighted by Gasteiger charge is -2.26. The highest BCUT2D eigenvalue weighted by atomic mass is 32.2. The van der Waals surface area contributed by atoms with Crippen LogP contribution in [0.1, 0.15) is 19.4 Å². The monoisotopic (exact) mass is 483 g/mol. The number of sulfonamides is 1. The summed E-state index contributed by atoms with van der Waals surface area (Å²) in [5.41, 5.74) is 2.18. The Labute approximate surface area is 200 Å². The maximum absolute atomic E-state index is 13.1. The van der Waals surface area contributed by atoms with Crippen LogP contribution in [0.25, 0.3) is 5.69 Å². The number of carbonyl (C=O) groups excluding carboxylic acids is 1. The number of hydrogen-bond acceptors (Lipinski definition) is 5. The number of aromatic nitrogens is 1. The fraction of sp³-hybridized carbons (Fsp3) is 0.320. The van der Waals surface area contributed by atoms with Crippen molar-refractivity contribution in [1.82, 2.24) is 8.87 Å². The van der Waals surface area contributed by atoms with E-state index in [-0.39, 0.29) is 23.3 Å². The van der Waals surface area contributed by atoms with Crippen molar-refractivity contribution in [2.24, 2.45) is 0 Å². The van der Waals surface area contributed by atoms with Crippen LogP contribution in [0.4, 0.5) is 5.69 Å². The second kappa shape index (κ2) is 10.4. The molecule has 0 bridgehead atoms. The molecule has 9 heteroatoms.